The molecule has 0 saturated heterocycles. The van der Waals surface area contributed by atoms with Crippen LogP contribution in [0.25, 0.3) is 0 Å². The molecule has 3 rings (SSSR count). The third-order valence-corrected chi connectivity index (χ3v) is 4.21. The number of hydrogen-bond acceptors (Lipinski definition) is 6. The molecule has 0 bridgehead atoms. The van der Waals surface area contributed by atoms with E-state index >= 15 is 0 Å². The third kappa shape index (κ3) is 4.57. The largest absolute Gasteiger partial charge is 0.454 e. The van der Waals surface area contributed by atoms with E-state index < -0.39 is 16.1 Å². The van der Waals surface area contributed by atoms with Crippen molar-refractivity contribution in [1.29, 1.82) is 0 Å². The molecule has 2 aromatic carbocycles. The van der Waals surface area contributed by atoms with Gasteiger partial charge < -0.3 is 20.1 Å². The lowest BCUT2D eigenvalue weighted by Gasteiger charge is -2.16. The summed E-state index contributed by atoms with van der Waals surface area (Å²) < 4.78 is 35.3. The number of rotatable bonds is 6. The molecule has 26 heavy (non-hydrogen) atoms. The quantitative estimate of drug-likeness (QED) is 0.713. The minimum absolute atomic E-state index is 0.175. The van der Waals surface area contributed by atoms with Gasteiger partial charge in [0.2, 0.25) is 22.7 Å². The van der Waals surface area contributed by atoms with Gasteiger partial charge in [0.25, 0.3) is 0 Å². The summed E-state index contributed by atoms with van der Waals surface area (Å²) in [6.45, 7) is 1.90. The van der Waals surface area contributed by atoms with Crippen LogP contribution in [-0.2, 0) is 14.8 Å². The first-order valence-corrected chi connectivity index (χ1v) is 9.74. The molecule has 1 amide bonds. The summed E-state index contributed by atoms with van der Waals surface area (Å²) in [5.41, 5.74) is 1.76. The highest BCUT2D eigenvalue weighted by molar-refractivity contribution is 7.92. The fourth-order valence-corrected chi connectivity index (χ4v) is 2.95. The Balaban J connectivity index is 1.58. The number of hydrogen-bond donors (Lipinski definition) is 3. The zero-order valence-corrected chi connectivity index (χ0v) is 15.1. The molecule has 138 valence electrons. The average Bonchev–Trinajstić information content (AvgIpc) is 3.03. The van der Waals surface area contributed by atoms with Crippen molar-refractivity contribution < 1.29 is 22.7 Å². The molecule has 1 aliphatic heterocycles. The van der Waals surface area contributed by atoms with E-state index in [1.807, 2.05) is 0 Å². The summed E-state index contributed by atoms with van der Waals surface area (Å²) in [5.74, 6) is 1.02. The van der Waals surface area contributed by atoms with Crippen LogP contribution < -0.4 is 24.8 Å². The summed E-state index contributed by atoms with van der Waals surface area (Å²) in [4.78, 5) is 12.3. The van der Waals surface area contributed by atoms with Crippen molar-refractivity contribution in [3.8, 4) is 11.5 Å². The van der Waals surface area contributed by atoms with Gasteiger partial charge in [0, 0.05) is 23.1 Å². The Morgan fingerprint density at radius 1 is 1.00 bits per heavy atom. The van der Waals surface area contributed by atoms with Gasteiger partial charge in [0.15, 0.2) is 11.5 Å². The molecule has 0 aliphatic carbocycles. The second-order valence-electron chi connectivity index (χ2n) is 5.87. The van der Waals surface area contributed by atoms with E-state index in [0.717, 1.165) is 6.26 Å². The van der Waals surface area contributed by atoms with Gasteiger partial charge in [-0.1, -0.05) is 0 Å². The molecule has 0 aromatic heterocycles. The molecule has 8 nitrogen and oxygen atoms in total. The van der Waals surface area contributed by atoms with Crippen LogP contribution in [0.15, 0.2) is 42.5 Å². The first-order valence-electron chi connectivity index (χ1n) is 7.85. The fraction of sp³-hybridized carbons (Fsp3) is 0.235. The molecule has 1 aliphatic rings. The van der Waals surface area contributed by atoms with Crippen LogP contribution in [0.3, 0.4) is 0 Å². The van der Waals surface area contributed by atoms with Gasteiger partial charge in [-0.05, 0) is 43.3 Å². The summed E-state index contributed by atoms with van der Waals surface area (Å²) >= 11 is 0. The first-order chi connectivity index (χ1) is 12.3. The summed E-state index contributed by atoms with van der Waals surface area (Å²) in [5, 5.41) is 5.86. The topological polar surface area (TPSA) is 106 Å². The minimum Gasteiger partial charge on any atom is -0.454 e. The number of carbonyl (C=O) groups is 1. The minimum atomic E-state index is -3.32. The van der Waals surface area contributed by atoms with Crippen LogP contribution in [0.5, 0.6) is 11.5 Å². The molecule has 9 heteroatoms. The van der Waals surface area contributed by atoms with E-state index in [1.54, 1.807) is 49.4 Å². The van der Waals surface area contributed by atoms with Crippen molar-refractivity contribution in [2.24, 2.45) is 0 Å². The lowest BCUT2D eigenvalue weighted by Crippen LogP contribution is -2.31. The zero-order chi connectivity index (χ0) is 18.7. The Hall–Kier alpha value is -2.94. The van der Waals surface area contributed by atoms with Crippen molar-refractivity contribution in [3.63, 3.8) is 0 Å². The normalized spacial score (nSPS) is 13.8. The van der Waals surface area contributed by atoms with Gasteiger partial charge >= 0.3 is 0 Å². The Morgan fingerprint density at radius 2 is 1.62 bits per heavy atom. The smallest absolute Gasteiger partial charge is 0.246 e. The standard InChI is InChI=1S/C17H19N3O5S/c1-11(18-12-3-5-13(6-4-12)20-26(2,22)23)17(21)19-14-7-8-15-16(9-14)25-10-24-15/h3-9,11,18,20H,10H2,1-2H3,(H,19,21). The first kappa shape index (κ1) is 17.9. The van der Waals surface area contributed by atoms with Crippen molar-refractivity contribution in [3.05, 3.63) is 42.5 Å². The van der Waals surface area contributed by atoms with Gasteiger partial charge in [0.05, 0.1) is 6.26 Å². The second-order valence-corrected chi connectivity index (χ2v) is 7.62. The molecule has 1 heterocycles. The molecule has 0 saturated carbocycles. The lowest BCUT2D eigenvalue weighted by atomic mass is 10.2. The van der Waals surface area contributed by atoms with Crippen LogP contribution in [0.4, 0.5) is 17.1 Å². The number of benzene rings is 2. The maximum atomic E-state index is 12.3. The Labute approximate surface area is 151 Å². The maximum Gasteiger partial charge on any atom is 0.246 e. The highest BCUT2D eigenvalue weighted by Gasteiger charge is 2.17. The van der Waals surface area contributed by atoms with Gasteiger partial charge in [-0.15, -0.1) is 0 Å². The maximum absolute atomic E-state index is 12.3. The van der Waals surface area contributed by atoms with Gasteiger partial charge in [-0.3, -0.25) is 9.52 Å². The predicted octanol–water partition coefficient (Wildman–Crippen LogP) is 2.23. The van der Waals surface area contributed by atoms with E-state index in [9.17, 15) is 13.2 Å². The molecule has 3 N–H and O–H groups in total. The molecule has 0 spiro atoms. The number of nitrogens with one attached hydrogen (secondary N) is 3. The van der Waals surface area contributed by atoms with Crippen LogP contribution in [-0.4, -0.2) is 33.4 Å². The Morgan fingerprint density at radius 3 is 2.31 bits per heavy atom. The number of ether oxygens (including phenoxy) is 2. The monoisotopic (exact) mass is 377 g/mol. The van der Waals surface area contributed by atoms with Crippen LogP contribution >= 0.6 is 0 Å². The second kappa shape index (κ2) is 7.12. The number of fused-ring (bicyclic) bond motifs is 1. The Bertz CT molecular complexity index is 912. The van der Waals surface area contributed by atoms with E-state index in [4.69, 9.17) is 9.47 Å². The van der Waals surface area contributed by atoms with Crippen LogP contribution in [0.2, 0.25) is 0 Å². The fourth-order valence-electron chi connectivity index (χ4n) is 2.39. The highest BCUT2D eigenvalue weighted by Crippen LogP contribution is 2.34. The molecule has 2 aromatic rings. The number of amides is 1. The third-order valence-electron chi connectivity index (χ3n) is 3.60. The zero-order valence-electron chi connectivity index (χ0n) is 14.3. The van der Waals surface area contributed by atoms with Crippen molar-refractivity contribution in [2.45, 2.75) is 13.0 Å². The summed E-state index contributed by atoms with van der Waals surface area (Å²) in [7, 11) is -3.32. The van der Waals surface area contributed by atoms with Crippen molar-refractivity contribution in [2.75, 3.05) is 28.4 Å². The van der Waals surface area contributed by atoms with Gasteiger partial charge in [-0.2, -0.15) is 0 Å². The highest BCUT2D eigenvalue weighted by atomic mass is 32.2. The summed E-state index contributed by atoms with van der Waals surface area (Å²) in [6.07, 6.45) is 1.09. The molecule has 1 unspecified atom stereocenters. The van der Waals surface area contributed by atoms with Crippen LogP contribution in [0.1, 0.15) is 6.92 Å². The van der Waals surface area contributed by atoms with E-state index in [-0.39, 0.29) is 12.7 Å². The van der Waals surface area contributed by atoms with Crippen molar-refractivity contribution >= 4 is 33.0 Å². The molecule has 0 radical (unpaired) electrons. The van der Waals surface area contributed by atoms with E-state index in [2.05, 4.69) is 15.4 Å². The summed E-state index contributed by atoms with van der Waals surface area (Å²) in [6, 6.07) is 11.3. The van der Waals surface area contributed by atoms with Gasteiger partial charge in [-0.25, -0.2) is 8.42 Å². The molecular weight excluding hydrogens is 358 g/mol. The lowest BCUT2D eigenvalue weighted by molar-refractivity contribution is -0.116. The van der Waals surface area contributed by atoms with Crippen LogP contribution in [0, 0.1) is 0 Å². The SMILES string of the molecule is CC(Nc1ccc(NS(C)(=O)=O)cc1)C(=O)Nc1ccc2c(c1)OCO2. The average molecular weight is 377 g/mol. The number of sulfonamides is 1. The number of carbonyl (C=O) groups excluding carboxylic acids is 1. The van der Waals surface area contributed by atoms with E-state index in [1.165, 1.54) is 0 Å². The van der Waals surface area contributed by atoms with E-state index in [0.29, 0.717) is 28.6 Å². The molecule has 1 atom stereocenters. The number of anilines is 3. The molecule has 0 fully saturated rings. The predicted molar refractivity (Wildman–Crippen MR) is 99.2 cm³/mol. The molecular formula is C17H19N3O5S. The van der Waals surface area contributed by atoms with Gasteiger partial charge in [0.1, 0.15) is 6.04 Å². The Kier molecular flexibility index (Phi) is 4.90. The van der Waals surface area contributed by atoms with Crippen molar-refractivity contribution in [1.82, 2.24) is 0 Å².